The lowest BCUT2D eigenvalue weighted by atomic mass is 10.2. The lowest BCUT2D eigenvalue weighted by Crippen LogP contribution is -2.20. The normalized spacial score (nSPS) is 11.8. The highest BCUT2D eigenvalue weighted by molar-refractivity contribution is 7.16. The summed E-state index contributed by atoms with van der Waals surface area (Å²) in [6.45, 7) is 3.02. The van der Waals surface area contributed by atoms with Crippen molar-refractivity contribution in [1.29, 1.82) is 0 Å². The molecule has 0 atom stereocenters. The van der Waals surface area contributed by atoms with Crippen molar-refractivity contribution in [3.05, 3.63) is 87.7 Å². The number of halogens is 1. The monoisotopic (exact) mass is 452 g/mol. The van der Waals surface area contributed by atoms with Gasteiger partial charge in [-0.1, -0.05) is 53.3 Å². The predicted octanol–water partition coefficient (Wildman–Crippen LogP) is 5.84. The zero-order chi connectivity index (χ0) is 21.8. The highest BCUT2D eigenvalue weighted by Gasteiger charge is 2.15. The van der Waals surface area contributed by atoms with Gasteiger partial charge in [0.25, 0.3) is 5.91 Å². The number of benzene rings is 3. The van der Waals surface area contributed by atoms with Gasteiger partial charge in [-0.25, -0.2) is 0 Å². The van der Waals surface area contributed by atoms with Gasteiger partial charge in [0, 0.05) is 18.7 Å². The molecule has 0 bridgehead atoms. The van der Waals surface area contributed by atoms with E-state index in [0.29, 0.717) is 40.0 Å². The van der Waals surface area contributed by atoms with E-state index >= 15 is 0 Å². The Morgan fingerprint density at radius 2 is 1.81 bits per heavy atom. The molecule has 4 rings (SSSR count). The van der Waals surface area contributed by atoms with Crippen molar-refractivity contribution in [2.24, 2.45) is 4.99 Å². The number of aryl methyl sites for hydroxylation is 1. The minimum atomic E-state index is -0.368. The number of fused-ring (bicyclic) bond motifs is 1. The molecule has 0 fully saturated rings. The van der Waals surface area contributed by atoms with E-state index in [1.54, 1.807) is 25.3 Å². The van der Waals surface area contributed by atoms with Gasteiger partial charge < -0.3 is 14.0 Å². The van der Waals surface area contributed by atoms with Crippen LogP contribution in [-0.4, -0.2) is 24.2 Å². The SMILES string of the molecule is COCCn1c(=NC(=O)c2ccccc2Oc2ccccc2)sc2ccc(Cl)c(C)c21. The molecule has 5 nitrogen and oxygen atoms in total. The first-order chi connectivity index (χ1) is 15.1. The number of methoxy groups -OCH3 is 1. The molecule has 0 aliphatic carbocycles. The molecule has 158 valence electrons. The summed E-state index contributed by atoms with van der Waals surface area (Å²) in [4.78, 5) is 18.2. The molecule has 1 heterocycles. The van der Waals surface area contributed by atoms with Gasteiger partial charge in [-0.2, -0.15) is 4.99 Å². The van der Waals surface area contributed by atoms with Crippen molar-refractivity contribution in [2.75, 3.05) is 13.7 Å². The quantitative estimate of drug-likeness (QED) is 0.369. The average Bonchev–Trinajstić information content (AvgIpc) is 3.13. The number of rotatable bonds is 6. The van der Waals surface area contributed by atoms with Gasteiger partial charge >= 0.3 is 0 Å². The Morgan fingerprint density at radius 1 is 1.06 bits per heavy atom. The van der Waals surface area contributed by atoms with Crippen molar-refractivity contribution in [1.82, 2.24) is 4.57 Å². The molecule has 31 heavy (non-hydrogen) atoms. The molecule has 3 aromatic carbocycles. The van der Waals surface area contributed by atoms with Gasteiger partial charge in [0.2, 0.25) is 0 Å². The van der Waals surface area contributed by atoms with Crippen LogP contribution < -0.4 is 9.54 Å². The fraction of sp³-hybridized carbons (Fsp3) is 0.167. The van der Waals surface area contributed by atoms with Crippen LogP contribution in [0.1, 0.15) is 15.9 Å². The lowest BCUT2D eigenvalue weighted by Gasteiger charge is -2.09. The Hall–Kier alpha value is -2.93. The highest BCUT2D eigenvalue weighted by Crippen LogP contribution is 2.28. The molecular weight excluding hydrogens is 432 g/mol. The molecule has 0 N–H and O–H groups in total. The van der Waals surface area contributed by atoms with E-state index in [1.165, 1.54) is 11.3 Å². The fourth-order valence-electron chi connectivity index (χ4n) is 3.29. The van der Waals surface area contributed by atoms with Crippen LogP contribution in [0.3, 0.4) is 0 Å². The van der Waals surface area contributed by atoms with Crippen LogP contribution in [0.4, 0.5) is 0 Å². The molecule has 0 unspecified atom stereocenters. The number of aromatic nitrogens is 1. The molecule has 4 aromatic rings. The summed E-state index contributed by atoms with van der Waals surface area (Å²) in [6, 6.07) is 20.3. The third-order valence-electron chi connectivity index (χ3n) is 4.83. The third kappa shape index (κ3) is 4.56. The van der Waals surface area contributed by atoms with Crippen molar-refractivity contribution in [3.63, 3.8) is 0 Å². The summed E-state index contributed by atoms with van der Waals surface area (Å²) in [7, 11) is 1.65. The summed E-state index contributed by atoms with van der Waals surface area (Å²) in [5, 5.41) is 0.677. The van der Waals surface area contributed by atoms with Gasteiger partial charge in [0.1, 0.15) is 11.5 Å². The number of nitrogens with zero attached hydrogens (tertiary/aromatic N) is 2. The molecule has 7 heteroatoms. The van der Waals surface area contributed by atoms with Gasteiger partial charge in [0.15, 0.2) is 4.80 Å². The fourth-order valence-corrected chi connectivity index (χ4v) is 4.55. The largest absolute Gasteiger partial charge is 0.457 e. The standard InChI is InChI=1S/C24H21ClN2O3S/c1-16-19(25)12-13-21-22(16)27(14-15-29-2)24(31-21)26-23(28)18-10-6-7-11-20(18)30-17-8-4-3-5-9-17/h3-13H,14-15H2,1-2H3. The van der Waals surface area contributed by atoms with Crippen LogP contribution in [0.5, 0.6) is 11.5 Å². The lowest BCUT2D eigenvalue weighted by molar-refractivity contribution is 0.0995. The Bertz CT molecular complexity index is 1300. The summed E-state index contributed by atoms with van der Waals surface area (Å²) < 4.78 is 14.2. The van der Waals surface area contributed by atoms with Crippen molar-refractivity contribution >= 4 is 39.1 Å². The minimum Gasteiger partial charge on any atom is -0.457 e. The molecular formula is C24H21ClN2O3S. The van der Waals surface area contributed by atoms with Crippen LogP contribution in [0, 0.1) is 6.92 Å². The topological polar surface area (TPSA) is 52.8 Å². The van der Waals surface area contributed by atoms with Gasteiger partial charge in [-0.3, -0.25) is 4.79 Å². The van der Waals surface area contributed by atoms with Crippen LogP contribution >= 0.6 is 22.9 Å². The molecule has 1 aromatic heterocycles. The van der Waals surface area contributed by atoms with E-state index < -0.39 is 0 Å². The van der Waals surface area contributed by atoms with Crippen LogP contribution in [0.2, 0.25) is 5.02 Å². The second-order valence-corrected chi connectivity index (χ2v) is 8.29. The van der Waals surface area contributed by atoms with E-state index in [4.69, 9.17) is 21.1 Å². The zero-order valence-corrected chi connectivity index (χ0v) is 18.7. The number of thiazole rings is 1. The molecule has 0 radical (unpaired) electrons. The number of hydrogen-bond acceptors (Lipinski definition) is 4. The molecule has 0 spiro atoms. The van der Waals surface area contributed by atoms with Crippen molar-refractivity contribution in [3.8, 4) is 11.5 Å². The van der Waals surface area contributed by atoms with Crippen molar-refractivity contribution < 1.29 is 14.3 Å². The smallest absolute Gasteiger partial charge is 0.283 e. The Morgan fingerprint density at radius 3 is 2.58 bits per heavy atom. The van der Waals surface area contributed by atoms with E-state index in [1.807, 2.05) is 60.0 Å². The summed E-state index contributed by atoms with van der Waals surface area (Å²) >= 11 is 7.80. The first-order valence-corrected chi connectivity index (χ1v) is 11.0. The Labute approximate surface area is 189 Å². The van der Waals surface area contributed by atoms with Gasteiger partial charge in [-0.15, -0.1) is 0 Å². The number of hydrogen-bond donors (Lipinski definition) is 0. The van der Waals surface area contributed by atoms with E-state index in [2.05, 4.69) is 4.99 Å². The number of amides is 1. The maximum atomic E-state index is 13.2. The summed E-state index contributed by atoms with van der Waals surface area (Å²) in [5.41, 5.74) is 2.32. The molecule has 0 aliphatic heterocycles. The van der Waals surface area contributed by atoms with Crippen LogP contribution in [0.15, 0.2) is 71.7 Å². The molecule has 0 aliphatic rings. The van der Waals surface area contributed by atoms with Gasteiger partial charge in [0.05, 0.1) is 22.4 Å². The summed E-state index contributed by atoms with van der Waals surface area (Å²) in [6.07, 6.45) is 0. The number of carbonyl (C=O) groups excluding carboxylic acids is 1. The Kier molecular flexibility index (Phi) is 6.51. The Balaban J connectivity index is 1.79. The average molecular weight is 453 g/mol. The molecule has 1 amide bonds. The highest BCUT2D eigenvalue weighted by atomic mass is 35.5. The van der Waals surface area contributed by atoms with Gasteiger partial charge in [-0.05, 0) is 48.9 Å². The van der Waals surface area contributed by atoms with E-state index in [9.17, 15) is 4.79 Å². The van der Waals surface area contributed by atoms with Crippen LogP contribution in [0.25, 0.3) is 10.2 Å². The third-order valence-corrected chi connectivity index (χ3v) is 6.29. The number of para-hydroxylation sites is 2. The van der Waals surface area contributed by atoms with E-state index in [0.717, 1.165) is 15.8 Å². The maximum absolute atomic E-state index is 13.2. The molecule has 0 saturated carbocycles. The van der Waals surface area contributed by atoms with Crippen LogP contribution in [-0.2, 0) is 11.3 Å². The zero-order valence-electron chi connectivity index (χ0n) is 17.2. The molecule has 0 saturated heterocycles. The summed E-state index contributed by atoms with van der Waals surface area (Å²) in [5.74, 6) is 0.754. The minimum absolute atomic E-state index is 0.368. The predicted molar refractivity (Wildman–Crippen MR) is 124 cm³/mol. The second-order valence-electron chi connectivity index (χ2n) is 6.88. The number of carbonyl (C=O) groups is 1. The first kappa shape index (κ1) is 21.3. The van der Waals surface area contributed by atoms with Crippen molar-refractivity contribution in [2.45, 2.75) is 13.5 Å². The maximum Gasteiger partial charge on any atom is 0.283 e. The second kappa shape index (κ2) is 9.47. The van der Waals surface area contributed by atoms with E-state index in [-0.39, 0.29) is 5.91 Å². The number of ether oxygens (including phenoxy) is 2. The first-order valence-electron chi connectivity index (χ1n) is 9.77.